The van der Waals surface area contributed by atoms with Crippen LogP contribution in [0.1, 0.15) is 68.9 Å². The number of piperidine rings is 2. The molecule has 2 fully saturated rings. The molecule has 23 heavy (non-hydrogen) atoms. The van der Waals surface area contributed by atoms with Gasteiger partial charge in [0.25, 0.3) is 5.91 Å². The monoisotopic (exact) mass is 319 g/mol. The molecule has 0 aliphatic carbocycles. The summed E-state index contributed by atoms with van der Waals surface area (Å²) >= 11 is 0. The van der Waals surface area contributed by atoms with Gasteiger partial charge in [0.2, 0.25) is 0 Å². The maximum absolute atomic E-state index is 12.9. The molecule has 0 saturated carbocycles. The Hall–Kier alpha value is -1.43. The molecule has 0 aromatic carbocycles. The summed E-state index contributed by atoms with van der Waals surface area (Å²) in [6.45, 7) is 7.33. The Kier molecular flexibility index (Phi) is 5.30. The SMILES string of the molecule is CC(C)CC1CCCCN1C(=O)c1cn(C2CCNCC2)nn1. The topological polar surface area (TPSA) is 63.1 Å². The lowest BCUT2D eigenvalue weighted by molar-refractivity contribution is 0.0578. The van der Waals surface area contributed by atoms with Crippen molar-refractivity contribution in [3.8, 4) is 0 Å². The van der Waals surface area contributed by atoms with Crippen molar-refractivity contribution >= 4 is 5.91 Å². The zero-order valence-electron chi connectivity index (χ0n) is 14.4. The third-order valence-electron chi connectivity index (χ3n) is 5.04. The lowest BCUT2D eigenvalue weighted by Crippen LogP contribution is -2.44. The van der Waals surface area contributed by atoms with Gasteiger partial charge in [0, 0.05) is 12.6 Å². The van der Waals surface area contributed by atoms with Crippen LogP contribution in [0.25, 0.3) is 0 Å². The molecule has 1 aromatic heterocycles. The van der Waals surface area contributed by atoms with Gasteiger partial charge in [-0.15, -0.1) is 5.10 Å². The Balaban J connectivity index is 1.69. The van der Waals surface area contributed by atoms with E-state index in [0.29, 0.717) is 23.7 Å². The molecule has 0 bridgehead atoms. The van der Waals surface area contributed by atoms with Crippen LogP contribution in [0.5, 0.6) is 0 Å². The average molecular weight is 319 g/mol. The van der Waals surface area contributed by atoms with Crippen molar-refractivity contribution in [3.63, 3.8) is 0 Å². The van der Waals surface area contributed by atoms with E-state index in [9.17, 15) is 4.79 Å². The number of nitrogens with one attached hydrogen (secondary N) is 1. The number of nitrogens with zero attached hydrogens (tertiary/aromatic N) is 4. The van der Waals surface area contributed by atoms with Crippen LogP contribution >= 0.6 is 0 Å². The fourth-order valence-corrected chi connectivity index (χ4v) is 3.83. The number of hydrogen-bond donors (Lipinski definition) is 1. The molecular weight excluding hydrogens is 290 g/mol. The Labute approximate surface area is 138 Å². The van der Waals surface area contributed by atoms with Gasteiger partial charge in [0.1, 0.15) is 0 Å². The standard InChI is InChI=1S/C17H29N5O/c1-13(2)11-15-5-3-4-10-21(15)17(23)16-12-22(20-19-16)14-6-8-18-9-7-14/h12-15,18H,3-11H2,1-2H3. The molecular formula is C17H29N5O. The summed E-state index contributed by atoms with van der Waals surface area (Å²) in [5, 5.41) is 11.8. The number of rotatable bonds is 4. The highest BCUT2D eigenvalue weighted by atomic mass is 16.2. The largest absolute Gasteiger partial charge is 0.334 e. The lowest BCUT2D eigenvalue weighted by atomic mass is 9.94. The first-order valence-electron chi connectivity index (χ1n) is 9.08. The third-order valence-corrected chi connectivity index (χ3v) is 5.04. The van der Waals surface area contributed by atoms with E-state index in [-0.39, 0.29) is 5.91 Å². The van der Waals surface area contributed by atoms with Crippen LogP contribution in [-0.4, -0.2) is 51.5 Å². The molecule has 1 N–H and O–H groups in total. The second kappa shape index (κ2) is 7.43. The molecule has 0 spiro atoms. The maximum atomic E-state index is 12.9. The molecule has 2 aliphatic rings. The van der Waals surface area contributed by atoms with Crippen LogP contribution < -0.4 is 5.32 Å². The second-order valence-electron chi connectivity index (χ2n) is 7.34. The summed E-state index contributed by atoms with van der Waals surface area (Å²) < 4.78 is 1.90. The Morgan fingerprint density at radius 3 is 2.83 bits per heavy atom. The lowest BCUT2D eigenvalue weighted by Gasteiger charge is -2.36. The smallest absolute Gasteiger partial charge is 0.276 e. The van der Waals surface area contributed by atoms with Gasteiger partial charge in [-0.2, -0.15) is 0 Å². The molecule has 1 atom stereocenters. The predicted octanol–water partition coefficient (Wildman–Crippen LogP) is 2.24. The fourth-order valence-electron chi connectivity index (χ4n) is 3.83. The van der Waals surface area contributed by atoms with Crippen molar-refractivity contribution < 1.29 is 4.79 Å². The minimum Gasteiger partial charge on any atom is -0.334 e. The van der Waals surface area contributed by atoms with E-state index in [0.717, 1.165) is 51.7 Å². The number of likely N-dealkylation sites (tertiary alicyclic amines) is 1. The van der Waals surface area contributed by atoms with Crippen molar-refractivity contribution in [1.29, 1.82) is 0 Å². The number of aromatic nitrogens is 3. The Morgan fingerprint density at radius 2 is 2.09 bits per heavy atom. The number of carbonyl (C=O) groups excluding carboxylic acids is 1. The molecule has 1 unspecified atom stereocenters. The summed E-state index contributed by atoms with van der Waals surface area (Å²) in [7, 11) is 0. The highest BCUT2D eigenvalue weighted by Gasteiger charge is 2.30. The van der Waals surface area contributed by atoms with E-state index in [2.05, 4.69) is 29.5 Å². The van der Waals surface area contributed by atoms with Gasteiger partial charge in [-0.1, -0.05) is 19.1 Å². The van der Waals surface area contributed by atoms with Gasteiger partial charge in [0.15, 0.2) is 5.69 Å². The van der Waals surface area contributed by atoms with Gasteiger partial charge in [-0.3, -0.25) is 4.79 Å². The van der Waals surface area contributed by atoms with E-state index < -0.39 is 0 Å². The summed E-state index contributed by atoms with van der Waals surface area (Å²) in [5.74, 6) is 0.675. The fraction of sp³-hybridized carbons (Fsp3) is 0.824. The first-order chi connectivity index (χ1) is 11.1. The highest BCUT2D eigenvalue weighted by Crippen LogP contribution is 2.25. The van der Waals surface area contributed by atoms with Crippen LogP contribution in [0.4, 0.5) is 0 Å². The highest BCUT2D eigenvalue weighted by molar-refractivity contribution is 5.92. The van der Waals surface area contributed by atoms with Crippen molar-refractivity contribution in [3.05, 3.63) is 11.9 Å². The molecule has 1 amide bonds. The second-order valence-corrected chi connectivity index (χ2v) is 7.34. The number of amides is 1. The van der Waals surface area contributed by atoms with Crippen LogP contribution in [0.3, 0.4) is 0 Å². The van der Waals surface area contributed by atoms with E-state index >= 15 is 0 Å². The Bertz CT molecular complexity index is 521. The van der Waals surface area contributed by atoms with E-state index in [4.69, 9.17) is 0 Å². The zero-order chi connectivity index (χ0) is 16.2. The normalized spacial score (nSPS) is 23.4. The van der Waals surface area contributed by atoms with Crippen molar-refractivity contribution in [1.82, 2.24) is 25.2 Å². The summed E-state index contributed by atoms with van der Waals surface area (Å²) in [6, 6.07) is 0.735. The van der Waals surface area contributed by atoms with Crippen molar-refractivity contribution in [2.45, 2.75) is 64.5 Å². The van der Waals surface area contributed by atoms with Crippen LogP contribution in [0, 0.1) is 5.92 Å². The van der Waals surface area contributed by atoms with Crippen LogP contribution in [0.15, 0.2) is 6.20 Å². The predicted molar refractivity (Wildman–Crippen MR) is 89.3 cm³/mol. The first kappa shape index (κ1) is 16.4. The average Bonchev–Trinajstić information content (AvgIpc) is 3.05. The molecule has 6 nitrogen and oxygen atoms in total. The number of carbonyl (C=O) groups is 1. The Morgan fingerprint density at radius 1 is 1.30 bits per heavy atom. The molecule has 3 rings (SSSR count). The summed E-state index contributed by atoms with van der Waals surface area (Å²) in [5.41, 5.74) is 0.513. The summed E-state index contributed by atoms with van der Waals surface area (Å²) in [4.78, 5) is 14.9. The van der Waals surface area contributed by atoms with Gasteiger partial charge in [0.05, 0.1) is 12.2 Å². The van der Waals surface area contributed by atoms with E-state index in [1.54, 1.807) is 0 Å². The van der Waals surface area contributed by atoms with E-state index in [1.807, 2.05) is 15.8 Å². The molecule has 0 radical (unpaired) electrons. The third kappa shape index (κ3) is 3.91. The van der Waals surface area contributed by atoms with Crippen molar-refractivity contribution in [2.75, 3.05) is 19.6 Å². The first-order valence-corrected chi connectivity index (χ1v) is 9.08. The van der Waals surface area contributed by atoms with Gasteiger partial charge >= 0.3 is 0 Å². The quantitative estimate of drug-likeness (QED) is 0.924. The van der Waals surface area contributed by atoms with Crippen LogP contribution in [0.2, 0.25) is 0 Å². The van der Waals surface area contributed by atoms with Gasteiger partial charge < -0.3 is 10.2 Å². The molecule has 128 valence electrons. The number of hydrogen-bond acceptors (Lipinski definition) is 4. The van der Waals surface area contributed by atoms with Crippen LogP contribution in [-0.2, 0) is 0 Å². The molecule has 2 saturated heterocycles. The zero-order valence-corrected chi connectivity index (χ0v) is 14.4. The van der Waals surface area contributed by atoms with E-state index in [1.165, 1.54) is 6.42 Å². The molecule has 3 heterocycles. The maximum Gasteiger partial charge on any atom is 0.276 e. The molecule has 2 aliphatic heterocycles. The minimum atomic E-state index is 0.0653. The van der Waals surface area contributed by atoms with Gasteiger partial charge in [-0.05, 0) is 57.5 Å². The molecule has 6 heteroatoms. The van der Waals surface area contributed by atoms with Crippen molar-refractivity contribution in [2.24, 2.45) is 5.92 Å². The molecule has 1 aromatic rings. The van der Waals surface area contributed by atoms with Gasteiger partial charge in [-0.25, -0.2) is 4.68 Å². The summed E-state index contributed by atoms with van der Waals surface area (Å²) in [6.07, 6.45) is 8.49. The minimum absolute atomic E-state index is 0.0653.